The number of nitrogens with one attached hydrogen (secondary N) is 1. The molecule has 8 heteroatoms. The van der Waals surface area contributed by atoms with Crippen LogP contribution in [0.3, 0.4) is 0 Å². The molecule has 2 N–H and O–H groups in total. The lowest BCUT2D eigenvalue weighted by atomic mass is 10.1. The summed E-state index contributed by atoms with van der Waals surface area (Å²) in [6, 6.07) is 12.7. The van der Waals surface area contributed by atoms with Gasteiger partial charge in [-0.2, -0.15) is 0 Å². The molecule has 30 heavy (non-hydrogen) atoms. The minimum atomic E-state index is -0.618. The first-order chi connectivity index (χ1) is 14.3. The summed E-state index contributed by atoms with van der Waals surface area (Å²) in [5.74, 6) is -0.727. The highest BCUT2D eigenvalue weighted by molar-refractivity contribution is 9.10. The van der Waals surface area contributed by atoms with Crippen molar-refractivity contribution in [1.82, 2.24) is 9.88 Å². The van der Waals surface area contributed by atoms with Gasteiger partial charge in [0.05, 0.1) is 11.1 Å². The van der Waals surface area contributed by atoms with E-state index < -0.39 is 11.8 Å². The van der Waals surface area contributed by atoms with Gasteiger partial charge in [0, 0.05) is 16.4 Å². The average molecular weight is 471 g/mol. The highest BCUT2D eigenvalue weighted by atomic mass is 79.9. The Hall–Kier alpha value is -3.00. The third-order valence-electron chi connectivity index (χ3n) is 4.49. The molecule has 0 fully saturated rings. The van der Waals surface area contributed by atoms with E-state index in [1.54, 1.807) is 28.8 Å². The average Bonchev–Trinajstić information content (AvgIpc) is 2.95. The highest BCUT2D eigenvalue weighted by Crippen LogP contribution is 2.39. The number of aryl methyl sites for hydroxylation is 1. The third kappa shape index (κ3) is 4.76. The summed E-state index contributed by atoms with van der Waals surface area (Å²) in [5.41, 5.74) is 2.51. The SMILES string of the molecule is Cc1ccc2c(c1)c(N=NC(=O)CNC(=O)c1ccccc1Br)c(O)n2CC(C)C. The normalized spacial score (nSPS) is 11.5. The van der Waals surface area contributed by atoms with Crippen molar-refractivity contribution >= 4 is 44.3 Å². The summed E-state index contributed by atoms with van der Waals surface area (Å²) in [7, 11) is 0. The Bertz CT molecular complexity index is 1130. The molecule has 0 radical (unpaired) electrons. The maximum atomic E-state index is 12.2. The van der Waals surface area contributed by atoms with Gasteiger partial charge in [0.2, 0.25) is 5.88 Å². The van der Waals surface area contributed by atoms with Gasteiger partial charge in [0.15, 0.2) is 5.69 Å². The van der Waals surface area contributed by atoms with Crippen molar-refractivity contribution in [2.75, 3.05) is 6.54 Å². The second kappa shape index (κ2) is 9.21. The minimum Gasteiger partial charge on any atom is -0.493 e. The maximum Gasteiger partial charge on any atom is 0.283 e. The summed E-state index contributed by atoms with van der Waals surface area (Å²) < 4.78 is 2.40. The Kier molecular flexibility index (Phi) is 6.66. The Morgan fingerprint density at radius 2 is 1.93 bits per heavy atom. The maximum absolute atomic E-state index is 12.2. The summed E-state index contributed by atoms with van der Waals surface area (Å²) >= 11 is 3.30. The fourth-order valence-electron chi connectivity index (χ4n) is 3.12. The first-order valence-corrected chi connectivity index (χ1v) is 10.4. The molecule has 0 aliphatic heterocycles. The van der Waals surface area contributed by atoms with Crippen LogP contribution < -0.4 is 5.32 Å². The number of hydrogen-bond donors (Lipinski definition) is 2. The van der Waals surface area contributed by atoms with E-state index in [0.717, 1.165) is 16.5 Å². The summed E-state index contributed by atoms with van der Waals surface area (Å²) in [6.07, 6.45) is 0. The molecule has 2 aromatic carbocycles. The van der Waals surface area contributed by atoms with Crippen LogP contribution in [0.5, 0.6) is 5.88 Å². The number of halogens is 1. The number of benzene rings is 2. The molecule has 0 aliphatic rings. The lowest BCUT2D eigenvalue weighted by Crippen LogP contribution is -2.28. The lowest BCUT2D eigenvalue weighted by Gasteiger charge is -2.09. The summed E-state index contributed by atoms with van der Waals surface area (Å²) in [6.45, 7) is 6.36. The Morgan fingerprint density at radius 3 is 2.63 bits per heavy atom. The molecule has 0 atom stereocenters. The number of azo groups is 1. The number of amides is 2. The zero-order valence-electron chi connectivity index (χ0n) is 17.0. The molecule has 1 heterocycles. The van der Waals surface area contributed by atoms with Crippen molar-refractivity contribution in [2.24, 2.45) is 16.1 Å². The number of rotatable bonds is 6. The Balaban J connectivity index is 1.79. The molecule has 0 saturated carbocycles. The fraction of sp³-hybridized carbons (Fsp3) is 0.273. The molecule has 3 rings (SSSR count). The van der Waals surface area contributed by atoms with Crippen molar-refractivity contribution in [3.05, 3.63) is 58.1 Å². The zero-order chi connectivity index (χ0) is 21.8. The first-order valence-electron chi connectivity index (χ1n) is 9.57. The predicted octanol–water partition coefficient (Wildman–Crippen LogP) is 5.11. The second-order valence-electron chi connectivity index (χ2n) is 7.45. The van der Waals surface area contributed by atoms with Crippen molar-refractivity contribution in [3.63, 3.8) is 0 Å². The van der Waals surface area contributed by atoms with Crippen LogP contribution in [-0.4, -0.2) is 28.0 Å². The zero-order valence-corrected chi connectivity index (χ0v) is 18.6. The Labute approximate surface area is 182 Å². The van der Waals surface area contributed by atoms with Crippen molar-refractivity contribution in [2.45, 2.75) is 27.3 Å². The van der Waals surface area contributed by atoms with Crippen molar-refractivity contribution in [1.29, 1.82) is 0 Å². The quantitative estimate of drug-likeness (QED) is 0.489. The molecule has 3 aromatic rings. The van der Waals surface area contributed by atoms with Crippen LogP contribution in [-0.2, 0) is 11.3 Å². The van der Waals surface area contributed by atoms with Crippen LogP contribution in [0.15, 0.2) is 57.2 Å². The van der Waals surface area contributed by atoms with E-state index in [1.165, 1.54) is 0 Å². The predicted molar refractivity (Wildman–Crippen MR) is 119 cm³/mol. The van der Waals surface area contributed by atoms with Crippen molar-refractivity contribution in [3.8, 4) is 5.88 Å². The third-order valence-corrected chi connectivity index (χ3v) is 5.18. The molecule has 7 nitrogen and oxygen atoms in total. The second-order valence-corrected chi connectivity index (χ2v) is 8.31. The first kappa shape index (κ1) is 21.7. The van der Waals surface area contributed by atoms with Crippen LogP contribution in [0, 0.1) is 12.8 Å². The van der Waals surface area contributed by atoms with Gasteiger partial charge in [-0.25, -0.2) is 0 Å². The summed E-state index contributed by atoms with van der Waals surface area (Å²) in [5, 5.41) is 21.7. The smallest absolute Gasteiger partial charge is 0.283 e. The molecule has 1 aromatic heterocycles. The van der Waals surface area contributed by atoms with E-state index in [-0.39, 0.29) is 18.1 Å². The van der Waals surface area contributed by atoms with Gasteiger partial charge in [-0.3, -0.25) is 9.59 Å². The molecule has 156 valence electrons. The molecule has 0 aliphatic carbocycles. The number of aromatic hydroxyl groups is 1. The molecular formula is C22H23BrN4O3. The monoisotopic (exact) mass is 470 g/mol. The number of fused-ring (bicyclic) bond motifs is 1. The molecule has 0 unspecified atom stereocenters. The minimum absolute atomic E-state index is 0.0295. The van der Waals surface area contributed by atoms with Crippen molar-refractivity contribution < 1.29 is 14.7 Å². The van der Waals surface area contributed by atoms with Crippen LogP contribution in [0.25, 0.3) is 10.9 Å². The van der Waals surface area contributed by atoms with Gasteiger partial charge >= 0.3 is 0 Å². The Morgan fingerprint density at radius 1 is 1.20 bits per heavy atom. The van der Waals surface area contributed by atoms with Crippen LogP contribution in [0.1, 0.15) is 29.8 Å². The van der Waals surface area contributed by atoms with Gasteiger partial charge in [0.1, 0.15) is 6.54 Å². The van der Waals surface area contributed by atoms with E-state index in [4.69, 9.17) is 0 Å². The number of carbonyl (C=O) groups excluding carboxylic acids is 2. The number of hydrogen-bond acceptors (Lipinski definition) is 4. The van der Waals surface area contributed by atoms with Crippen LogP contribution >= 0.6 is 15.9 Å². The highest BCUT2D eigenvalue weighted by Gasteiger charge is 2.18. The molecular weight excluding hydrogens is 448 g/mol. The van der Waals surface area contributed by atoms with Gasteiger partial charge in [-0.15, -0.1) is 10.2 Å². The molecule has 0 bridgehead atoms. The fourth-order valence-corrected chi connectivity index (χ4v) is 3.59. The topological polar surface area (TPSA) is 96.1 Å². The van der Waals surface area contributed by atoms with Gasteiger partial charge < -0.3 is 15.0 Å². The van der Waals surface area contributed by atoms with E-state index in [2.05, 4.69) is 45.3 Å². The van der Waals surface area contributed by atoms with E-state index in [0.29, 0.717) is 22.5 Å². The van der Waals surface area contributed by atoms with Gasteiger partial charge in [0.25, 0.3) is 11.8 Å². The summed E-state index contributed by atoms with van der Waals surface area (Å²) in [4.78, 5) is 24.4. The van der Waals surface area contributed by atoms with Gasteiger partial charge in [-0.05, 0) is 53.0 Å². The largest absolute Gasteiger partial charge is 0.493 e. The van der Waals surface area contributed by atoms with Crippen LogP contribution in [0.4, 0.5) is 5.69 Å². The number of nitrogens with zero attached hydrogens (tertiary/aromatic N) is 3. The van der Waals surface area contributed by atoms with E-state index >= 15 is 0 Å². The van der Waals surface area contributed by atoms with E-state index in [1.807, 2.05) is 25.1 Å². The molecule has 0 saturated heterocycles. The molecule has 2 amide bonds. The number of aromatic nitrogens is 1. The number of carbonyl (C=O) groups is 2. The molecule has 0 spiro atoms. The standard InChI is InChI=1S/C22H23BrN4O3/c1-13(2)12-27-18-9-8-14(3)10-16(18)20(22(27)30)26-25-19(28)11-24-21(29)15-6-4-5-7-17(15)23/h4-10,13,30H,11-12H2,1-3H3,(H,24,29). The van der Waals surface area contributed by atoms with Crippen LogP contribution in [0.2, 0.25) is 0 Å². The van der Waals surface area contributed by atoms with Gasteiger partial charge in [-0.1, -0.05) is 37.6 Å². The lowest BCUT2D eigenvalue weighted by molar-refractivity contribution is -0.117. The van der Waals surface area contributed by atoms with E-state index in [9.17, 15) is 14.7 Å².